The van der Waals surface area contributed by atoms with Crippen molar-refractivity contribution in [2.75, 3.05) is 25.7 Å². The Morgan fingerprint density at radius 2 is 1.87 bits per heavy atom. The van der Waals surface area contributed by atoms with E-state index < -0.39 is 23.8 Å². The van der Waals surface area contributed by atoms with Crippen molar-refractivity contribution in [2.24, 2.45) is 10.7 Å². The Labute approximate surface area is 179 Å². The molecule has 0 saturated carbocycles. The van der Waals surface area contributed by atoms with Gasteiger partial charge in [-0.2, -0.15) is 0 Å². The molecule has 2 amide bonds. The Hall–Kier alpha value is -3.88. The van der Waals surface area contributed by atoms with Crippen molar-refractivity contribution in [3.8, 4) is 11.5 Å². The molecule has 3 rings (SSSR count). The maximum Gasteiger partial charge on any atom is 0.326 e. The number of hydrogen-bond donors (Lipinski definition) is 2. The summed E-state index contributed by atoms with van der Waals surface area (Å²) in [6.45, 7) is 1.43. The van der Waals surface area contributed by atoms with Crippen LogP contribution in [-0.4, -0.2) is 55.4 Å². The number of carbonyl (C=O) groups is 3. The van der Waals surface area contributed by atoms with Crippen LogP contribution in [0.5, 0.6) is 11.5 Å². The lowest BCUT2D eigenvalue weighted by atomic mass is 9.97. The molecule has 1 aliphatic heterocycles. The van der Waals surface area contributed by atoms with Gasteiger partial charge >= 0.3 is 5.97 Å². The number of rotatable bonds is 7. The summed E-state index contributed by atoms with van der Waals surface area (Å²) in [5.41, 5.74) is 7.48. The fourth-order valence-corrected chi connectivity index (χ4v) is 3.58. The fraction of sp³-hybridized carbons (Fsp3) is 0.273. The molecule has 1 atom stereocenters. The van der Waals surface area contributed by atoms with E-state index in [9.17, 15) is 19.5 Å². The number of nitrogens with two attached hydrogens (primary N) is 1. The van der Waals surface area contributed by atoms with Crippen molar-refractivity contribution < 1.29 is 29.0 Å². The molecule has 1 heterocycles. The Bertz CT molecular complexity index is 1080. The highest BCUT2D eigenvalue weighted by atomic mass is 16.5. The van der Waals surface area contributed by atoms with E-state index in [1.165, 1.54) is 19.1 Å². The molecule has 0 fully saturated rings. The molecule has 0 bridgehead atoms. The summed E-state index contributed by atoms with van der Waals surface area (Å²) < 4.78 is 10.8. The second kappa shape index (κ2) is 8.86. The highest BCUT2D eigenvalue weighted by Crippen LogP contribution is 2.39. The number of aliphatic carboxylic acids is 1. The van der Waals surface area contributed by atoms with Gasteiger partial charge in [-0.3, -0.25) is 19.5 Å². The minimum atomic E-state index is -1.13. The molecule has 0 saturated heterocycles. The normalized spacial score (nSPS) is 14.2. The Balaban J connectivity index is 2.31. The number of primary amides is 1. The summed E-state index contributed by atoms with van der Waals surface area (Å²) in [6.07, 6.45) is 0.196. The van der Waals surface area contributed by atoms with Gasteiger partial charge in [0, 0.05) is 22.8 Å². The van der Waals surface area contributed by atoms with Gasteiger partial charge in [-0.05, 0) is 24.6 Å². The van der Waals surface area contributed by atoms with E-state index >= 15 is 0 Å². The van der Waals surface area contributed by atoms with E-state index in [0.29, 0.717) is 34.0 Å². The molecule has 1 unspecified atom stereocenters. The second-order valence-electron chi connectivity index (χ2n) is 6.86. The molecule has 162 valence electrons. The van der Waals surface area contributed by atoms with Crippen LogP contribution in [0.1, 0.15) is 34.8 Å². The van der Waals surface area contributed by atoms with Gasteiger partial charge in [0.1, 0.15) is 12.6 Å². The number of fused-ring (bicyclic) bond motifs is 1. The van der Waals surface area contributed by atoms with Crippen LogP contribution in [-0.2, 0) is 9.59 Å². The molecule has 0 aromatic heterocycles. The molecule has 9 heteroatoms. The highest BCUT2D eigenvalue weighted by molar-refractivity contribution is 6.21. The smallest absolute Gasteiger partial charge is 0.326 e. The number of nitrogens with zero attached hydrogens (tertiary/aromatic N) is 2. The van der Waals surface area contributed by atoms with Gasteiger partial charge in [0.15, 0.2) is 11.5 Å². The van der Waals surface area contributed by atoms with Crippen molar-refractivity contribution in [1.29, 1.82) is 0 Å². The fourth-order valence-electron chi connectivity index (χ4n) is 3.58. The van der Waals surface area contributed by atoms with Crippen molar-refractivity contribution >= 4 is 29.2 Å². The minimum Gasteiger partial charge on any atom is -0.493 e. The van der Waals surface area contributed by atoms with Crippen LogP contribution in [0.4, 0.5) is 5.69 Å². The van der Waals surface area contributed by atoms with Gasteiger partial charge in [0.2, 0.25) is 11.8 Å². The average Bonchev–Trinajstić information content (AvgIpc) is 2.89. The van der Waals surface area contributed by atoms with Crippen LogP contribution in [0.2, 0.25) is 0 Å². The highest BCUT2D eigenvalue weighted by Gasteiger charge is 2.35. The minimum absolute atomic E-state index is 0.196. The topological polar surface area (TPSA) is 132 Å². The predicted octanol–water partition coefficient (Wildman–Crippen LogP) is 1.85. The first-order valence-electron chi connectivity index (χ1n) is 9.58. The number of carboxylic acid groups (broad SMARTS) is 1. The van der Waals surface area contributed by atoms with Gasteiger partial charge in [-0.15, -0.1) is 0 Å². The van der Waals surface area contributed by atoms with Crippen LogP contribution in [0.25, 0.3) is 0 Å². The average molecular weight is 425 g/mol. The number of ether oxygens (including phenoxy) is 2. The Morgan fingerprint density at radius 1 is 1.19 bits per heavy atom. The third-order valence-corrected chi connectivity index (χ3v) is 5.06. The molecule has 0 spiro atoms. The molecule has 2 aromatic rings. The molecule has 9 nitrogen and oxygen atoms in total. The zero-order chi connectivity index (χ0) is 22.7. The van der Waals surface area contributed by atoms with Crippen LogP contribution in [0.3, 0.4) is 0 Å². The van der Waals surface area contributed by atoms with Crippen LogP contribution >= 0.6 is 0 Å². The molecule has 0 radical (unpaired) electrons. The SMILES string of the molecule is CCC(C(=O)O)N1C(=O)CN=C(c2cccc(C(N)=O)c2)c2cc(OC)c(OC)cc21. The lowest BCUT2D eigenvalue weighted by molar-refractivity contribution is -0.140. The summed E-state index contributed by atoms with van der Waals surface area (Å²) in [5, 5.41) is 9.73. The number of anilines is 1. The van der Waals surface area contributed by atoms with Gasteiger partial charge in [0.25, 0.3) is 0 Å². The standard InChI is InChI=1S/C22H23N3O6/c1-4-15(22(28)29)25-16-10-18(31-3)17(30-2)9-14(16)20(24-11-19(25)26)12-6-5-7-13(8-12)21(23)27/h5-10,15H,4,11H2,1-3H3,(H2,23,27)(H,28,29). The number of benzodiazepines with no additional fused rings is 1. The molecule has 2 aromatic carbocycles. The van der Waals surface area contributed by atoms with E-state index in [1.54, 1.807) is 43.3 Å². The summed E-state index contributed by atoms with van der Waals surface area (Å²) in [7, 11) is 2.92. The van der Waals surface area contributed by atoms with Crippen molar-refractivity contribution in [3.05, 3.63) is 53.1 Å². The van der Waals surface area contributed by atoms with Gasteiger partial charge in [-0.25, -0.2) is 4.79 Å². The monoisotopic (exact) mass is 425 g/mol. The number of carboxylic acids is 1. The van der Waals surface area contributed by atoms with E-state index in [1.807, 2.05) is 0 Å². The van der Waals surface area contributed by atoms with Crippen LogP contribution < -0.4 is 20.1 Å². The number of amides is 2. The maximum absolute atomic E-state index is 13.0. The number of methoxy groups -OCH3 is 2. The number of hydrogen-bond acceptors (Lipinski definition) is 6. The number of benzene rings is 2. The molecular weight excluding hydrogens is 402 g/mol. The van der Waals surface area contributed by atoms with Crippen LogP contribution in [0.15, 0.2) is 41.4 Å². The first-order chi connectivity index (χ1) is 14.8. The largest absolute Gasteiger partial charge is 0.493 e. The van der Waals surface area contributed by atoms with Crippen LogP contribution in [0, 0.1) is 0 Å². The number of carbonyl (C=O) groups excluding carboxylic acids is 2. The molecule has 31 heavy (non-hydrogen) atoms. The van der Waals surface area contributed by atoms with E-state index in [-0.39, 0.29) is 18.5 Å². The third kappa shape index (κ3) is 4.07. The lowest BCUT2D eigenvalue weighted by Gasteiger charge is -2.29. The van der Waals surface area contributed by atoms with Gasteiger partial charge < -0.3 is 20.3 Å². The lowest BCUT2D eigenvalue weighted by Crippen LogP contribution is -2.46. The van der Waals surface area contributed by atoms with Crippen molar-refractivity contribution in [1.82, 2.24) is 0 Å². The second-order valence-corrected chi connectivity index (χ2v) is 6.86. The summed E-state index contributed by atoms with van der Waals surface area (Å²) in [6, 6.07) is 8.68. The zero-order valence-corrected chi connectivity index (χ0v) is 17.4. The Morgan fingerprint density at radius 3 is 2.45 bits per heavy atom. The van der Waals surface area contributed by atoms with E-state index in [0.717, 1.165) is 0 Å². The summed E-state index contributed by atoms with van der Waals surface area (Å²) in [4.78, 5) is 42.3. The Kier molecular flexibility index (Phi) is 6.24. The number of aliphatic imine (C=N–C) groups is 1. The quantitative estimate of drug-likeness (QED) is 0.696. The van der Waals surface area contributed by atoms with Crippen molar-refractivity contribution in [3.63, 3.8) is 0 Å². The third-order valence-electron chi connectivity index (χ3n) is 5.06. The zero-order valence-electron chi connectivity index (χ0n) is 17.4. The first kappa shape index (κ1) is 21.8. The summed E-state index contributed by atoms with van der Waals surface area (Å²) in [5.74, 6) is -1.47. The summed E-state index contributed by atoms with van der Waals surface area (Å²) >= 11 is 0. The predicted molar refractivity (Wildman–Crippen MR) is 114 cm³/mol. The van der Waals surface area contributed by atoms with Gasteiger partial charge in [0.05, 0.1) is 25.6 Å². The van der Waals surface area contributed by atoms with Gasteiger partial charge in [-0.1, -0.05) is 19.1 Å². The van der Waals surface area contributed by atoms with E-state index in [4.69, 9.17) is 15.2 Å². The van der Waals surface area contributed by atoms with Crippen molar-refractivity contribution in [2.45, 2.75) is 19.4 Å². The molecule has 1 aliphatic rings. The first-order valence-corrected chi connectivity index (χ1v) is 9.58. The molecular formula is C22H23N3O6. The van der Waals surface area contributed by atoms with E-state index in [2.05, 4.69) is 4.99 Å². The molecule has 3 N–H and O–H groups in total. The molecule has 0 aliphatic carbocycles. The maximum atomic E-state index is 13.0.